The molecule has 0 aliphatic carbocycles. The van der Waals surface area contributed by atoms with Crippen molar-refractivity contribution in [1.29, 1.82) is 5.26 Å². The van der Waals surface area contributed by atoms with Crippen LogP contribution in [0.2, 0.25) is 0 Å². The molecule has 0 atom stereocenters. The fraction of sp³-hybridized carbons (Fsp3) is 0.359. The first-order chi connectivity index (χ1) is 37.1. The van der Waals surface area contributed by atoms with E-state index in [0.29, 0.717) is 32.6 Å². The number of amides is 2. The summed E-state index contributed by atoms with van der Waals surface area (Å²) in [6, 6.07) is 63.4. The molecule has 4 heterocycles. The second kappa shape index (κ2) is 23.8. The molecule has 0 unspecified atom stereocenters. The molecule has 0 bridgehead atoms. The maximum atomic E-state index is 13.7. The molecule has 12 nitrogen and oxygen atoms in total. The Kier molecular flexibility index (Phi) is 16.6. The van der Waals surface area contributed by atoms with Crippen LogP contribution < -0.4 is 9.80 Å². The Morgan fingerprint density at radius 3 is 1.26 bits per heavy atom. The lowest BCUT2D eigenvalue weighted by Gasteiger charge is -2.44. The zero-order valence-electron chi connectivity index (χ0n) is 43.8. The summed E-state index contributed by atoms with van der Waals surface area (Å²) in [5.74, 6) is -0.600. The fourth-order valence-electron chi connectivity index (χ4n) is 12.3. The van der Waals surface area contributed by atoms with Gasteiger partial charge in [0.2, 0.25) is 11.8 Å². The SMILES string of the molecule is N#CC(CCN1CCC2(CC1)C(=O)N(CCC(=O)O)CN2c1ccccc1)(c1ccccc1)c1ccccc1.[C-]#[N+]C(CCN1CCC2(CC1)C(=O)N(CCC)CN2c1ccccc1)(c1ccccc1)c1ccccc1. The average Bonchev–Trinajstić information content (AvgIpc) is 3.91. The molecule has 76 heavy (non-hydrogen) atoms. The number of nitrogens with zero attached hydrogens (tertiary/aromatic N) is 8. The molecule has 4 aliphatic heterocycles. The number of hydrogen-bond acceptors (Lipinski definition) is 8. The van der Waals surface area contributed by atoms with E-state index in [0.717, 1.165) is 105 Å². The van der Waals surface area contributed by atoms with E-state index in [9.17, 15) is 24.8 Å². The van der Waals surface area contributed by atoms with Crippen LogP contribution in [0.1, 0.15) is 80.5 Å². The number of carbonyl (C=O) groups is 3. The van der Waals surface area contributed by atoms with E-state index in [-0.39, 0.29) is 24.8 Å². The van der Waals surface area contributed by atoms with Crippen molar-refractivity contribution in [3.8, 4) is 6.07 Å². The van der Waals surface area contributed by atoms with E-state index in [2.05, 4.69) is 86.0 Å². The Labute approximate surface area is 449 Å². The Hall–Kier alpha value is -7.77. The summed E-state index contributed by atoms with van der Waals surface area (Å²) in [7, 11) is 0. The summed E-state index contributed by atoms with van der Waals surface area (Å²) in [6.07, 6.45) is 5.19. The Morgan fingerprint density at radius 2 is 0.908 bits per heavy atom. The number of piperidine rings is 2. The summed E-state index contributed by atoms with van der Waals surface area (Å²) < 4.78 is 0. The van der Waals surface area contributed by atoms with Crippen LogP contribution in [0.4, 0.5) is 11.4 Å². The molecular weight excluding hydrogens is 945 g/mol. The third-order valence-electron chi connectivity index (χ3n) is 16.6. The normalized spacial score (nSPS) is 17.6. The molecule has 10 rings (SSSR count). The highest BCUT2D eigenvalue weighted by atomic mass is 16.4. The van der Waals surface area contributed by atoms with Crippen LogP contribution in [0.25, 0.3) is 4.85 Å². The number of benzene rings is 6. The lowest BCUT2D eigenvalue weighted by molar-refractivity contribution is -0.139. The third kappa shape index (κ3) is 10.7. The molecule has 12 heteroatoms. The van der Waals surface area contributed by atoms with Crippen molar-refractivity contribution >= 4 is 29.2 Å². The molecule has 4 fully saturated rings. The quantitative estimate of drug-likeness (QED) is 0.0891. The zero-order chi connectivity index (χ0) is 53.0. The highest BCUT2D eigenvalue weighted by Gasteiger charge is 2.55. The number of para-hydroxylation sites is 2. The maximum Gasteiger partial charge on any atom is 0.305 e. The molecule has 2 amide bonds. The van der Waals surface area contributed by atoms with E-state index < -0.39 is 28.0 Å². The number of aliphatic carboxylic acids is 1. The Bertz CT molecular complexity index is 2860. The molecule has 6 aromatic carbocycles. The third-order valence-corrected chi connectivity index (χ3v) is 16.6. The van der Waals surface area contributed by atoms with Gasteiger partial charge in [-0.3, -0.25) is 19.2 Å². The lowest BCUT2D eigenvalue weighted by atomic mass is 9.73. The summed E-state index contributed by atoms with van der Waals surface area (Å²) in [5.41, 5.74) is 3.55. The minimum Gasteiger partial charge on any atom is -0.481 e. The summed E-state index contributed by atoms with van der Waals surface area (Å²) in [4.78, 5) is 56.0. The smallest absolute Gasteiger partial charge is 0.305 e. The molecule has 1 N–H and O–H groups in total. The Balaban J connectivity index is 0.000000186. The predicted molar refractivity (Wildman–Crippen MR) is 299 cm³/mol. The molecule has 4 saturated heterocycles. The second-order valence-corrected chi connectivity index (χ2v) is 20.8. The topological polar surface area (TPSA) is 119 Å². The van der Waals surface area contributed by atoms with E-state index in [1.807, 2.05) is 138 Å². The van der Waals surface area contributed by atoms with Crippen molar-refractivity contribution in [2.75, 3.05) is 75.5 Å². The zero-order valence-corrected chi connectivity index (χ0v) is 43.8. The largest absolute Gasteiger partial charge is 0.481 e. The van der Waals surface area contributed by atoms with Gasteiger partial charge in [0.1, 0.15) is 16.5 Å². The number of carboxylic acids is 1. The van der Waals surface area contributed by atoms with Crippen LogP contribution in [0, 0.1) is 17.9 Å². The monoisotopic (exact) mass is 1010 g/mol. The molecule has 0 radical (unpaired) electrons. The molecule has 6 aromatic rings. The van der Waals surface area contributed by atoms with Crippen molar-refractivity contribution in [3.63, 3.8) is 0 Å². The van der Waals surface area contributed by atoms with Gasteiger partial charge < -0.3 is 34.5 Å². The summed E-state index contributed by atoms with van der Waals surface area (Å²) >= 11 is 0. The van der Waals surface area contributed by atoms with Gasteiger partial charge in [0.05, 0.1) is 25.8 Å². The molecular formula is C64H70N8O4. The minimum atomic E-state index is -0.900. The minimum absolute atomic E-state index is 0.0206. The van der Waals surface area contributed by atoms with Crippen LogP contribution >= 0.6 is 0 Å². The lowest BCUT2D eigenvalue weighted by Crippen LogP contribution is -2.56. The van der Waals surface area contributed by atoms with Gasteiger partial charge >= 0.3 is 5.97 Å². The van der Waals surface area contributed by atoms with Crippen molar-refractivity contribution in [2.45, 2.75) is 80.3 Å². The molecule has 0 aromatic heterocycles. The summed E-state index contributed by atoms with van der Waals surface area (Å²) in [5, 5.41) is 19.7. The second-order valence-electron chi connectivity index (χ2n) is 20.8. The van der Waals surface area contributed by atoms with Gasteiger partial charge in [-0.2, -0.15) is 5.26 Å². The van der Waals surface area contributed by atoms with E-state index in [1.165, 1.54) is 0 Å². The van der Waals surface area contributed by atoms with Gasteiger partial charge in [-0.1, -0.05) is 165 Å². The van der Waals surface area contributed by atoms with Crippen LogP contribution in [0.3, 0.4) is 0 Å². The van der Waals surface area contributed by atoms with Gasteiger partial charge in [-0.25, -0.2) is 6.57 Å². The van der Waals surface area contributed by atoms with Gasteiger partial charge in [0.25, 0.3) is 5.54 Å². The first kappa shape index (κ1) is 53.1. The first-order valence-corrected chi connectivity index (χ1v) is 27.0. The van der Waals surface area contributed by atoms with Crippen molar-refractivity contribution in [1.82, 2.24) is 19.6 Å². The number of likely N-dealkylation sites (tertiary alicyclic amines) is 2. The van der Waals surface area contributed by atoms with Crippen molar-refractivity contribution in [3.05, 3.63) is 216 Å². The highest BCUT2D eigenvalue weighted by Crippen LogP contribution is 2.43. The van der Waals surface area contributed by atoms with Gasteiger partial charge in [0, 0.05) is 81.3 Å². The van der Waals surface area contributed by atoms with Crippen LogP contribution in [0.5, 0.6) is 0 Å². The van der Waals surface area contributed by atoms with Gasteiger partial charge in [0.15, 0.2) is 0 Å². The Morgan fingerprint density at radius 1 is 0.553 bits per heavy atom. The number of nitriles is 1. The standard InChI is InChI=1S/C32H34N4O3.C32H36N4O/c33-24-31(26-10-4-1-5-11-26,27-12-6-2-7-13-27)17-21-34-22-18-32(19-23-34)30(39)35(20-16-29(37)38)25-36(32)28-14-8-3-9-15-28;1-3-22-35-26-36(29-17-11-6-12-18-29)31(30(35)37)19-23-34(24-20-31)25-21-32(33-2,27-13-7-4-8-14-27)28-15-9-5-10-16-28/h1-15H,16-23,25H2,(H,37,38);4-18H,3,19-26H2,1H3. The maximum absolute atomic E-state index is 13.7. The predicted octanol–water partition coefficient (Wildman–Crippen LogP) is 10.3. The van der Waals surface area contributed by atoms with Crippen LogP contribution in [-0.4, -0.2) is 119 Å². The number of carbonyl (C=O) groups excluding carboxylic acids is 2. The highest BCUT2D eigenvalue weighted by molar-refractivity contribution is 5.94. The average molecular weight is 1020 g/mol. The van der Waals surface area contributed by atoms with Crippen LogP contribution in [0.15, 0.2) is 182 Å². The van der Waals surface area contributed by atoms with Gasteiger partial charge in [-0.05, 0) is 73.9 Å². The van der Waals surface area contributed by atoms with Crippen molar-refractivity contribution in [2.24, 2.45) is 0 Å². The van der Waals surface area contributed by atoms with E-state index in [4.69, 9.17) is 6.57 Å². The van der Waals surface area contributed by atoms with Crippen molar-refractivity contribution < 1.29 is 19.5 Å². The van der Waals surface area contributed by atoms with Crippen LogP contribution in [-0.2, 0) is 25.3 Å². The number of carboxylic acid groups (broad SMARTS) is 1. The summed E-state index contributed by atoms with van der Waals surface area (Å²) in [6.45, 7) is 17.2. The molecule has 4 aliphatic rings. The molecule has 2 spiro atoms. The number of anilines is 2. The fourth-order valence-corrected chi connectivity index (χ4v) is 12.3. The molecule has 390 valence electrons. The molecule has 0 saturated carbocycles. The number of rotatable bonds is 17. The first-order valence-electron chi connectivity index (χ1n) is 27.0. The van der Waals surface area contributed by atoms with E-state index >= 15 is 0 Å². The van der Waals surface area contributed by atoms with Gasteiger partial charge in [-0.15, -0.1) is 0 Å². The number of hydrogen-bond donors (Lipinski definition) is 1. The van der Waals surface area contributed by atoms with E-state index in [1.54, 1.807) is 4.90 Å².